The molecule has 0 heterocycles. The van der Waals surface area contributed by atoms with Gasteiger partial charge in [-0.05, 0) is 12.1 Å². The topological polar surface area (TPSA) is 101 Å². The van der Waals surface area contributed by atoms with Crippen molar-refractivity contribution in [1.29, 1.82) is 0 Å². The summed E-state index contributed by atoms with van der Waals surface area (Å²) in [6.07, 6.45) is 0.989. The van der Waals surface area contributed by atoms with Crippen LogP contribution in [0.25, 0.3) is 0 Å². The summed E-state index contributed by atoms with van der Waals surface area (Å²) in [4.78, 5) is 11.7. The molecule has 0 fully saturated rings. The average molecular weight is 274 g/mol. The monoisotopic (exact) mass is 274 g/mol. The van der Waals surface area contributed by atoms with Crippen LogP contribution in [0, 0.1) is 10.1 Å². The van der Waals surface area contributed by atoms with Gasteiger partial charge in [0.05, 0.1) is 16.4 Å². The molecular weight excluding hydrogens is 260 g/mol. The maximum absolute atomic E-state index is 11.3. The fourth-order valence-electron chi connectivity index (χ4n) is 1.47. The second-order valence-corrected chi connectivity index (χ2v) is 5.84. The molecule has 1 aromatic rings. The molecule has 0 aliphatic rings. The van der Waals surface area contributed by atoms with E-state index in [1.54, 1.807) is 7.05 Å². The van der Waals surface area contributed by atoms with Crippen molar-refractivity contribution in [2.24, 2.45) is 0 Å². The van der Waals surface area contributed by atoms with Gasteiger partial charge in [0.15, 0.2) is 9.84 Å². The Labute approximate surface area is 105 Å². The lowest BCUT2D eigenvalue weighted by molar-refractivity contribution is -0.384. The number of likely N-dealkylation sites (N-methyl/N-ethyl adjacent to an activating group) is 1. The maximum Gasteiger partial charge on any atom is 0.293 e. The summed E-state index contributed by atoms with van der Waals surface area (Å²) < 4.78 is 22.7. The smallest absolute Gasteiger partial charge is 0.293 e. The van der Waals surface area contributed by atoms with Gasteiger partial charge in [0.2, 0.25) is 0 Å². The molecular formula is C10H14N2O5S. The highest BCUT2D eigenvalue weighted by Gasteiger charge is 2.20. The van der Waals surface area contributed by atoms with Gasteiger partial charge in [-0.25, -0.2) is 8.42 Å². The van der Waals surface area contributed by atoms with E-state index in [4.69, 9.17) is 5.11 Å². The molecule has 100 valence electrons. The quantitative estimate of drug-likeness (QED) is 0.617. The first-order chi connectivity index (χ1) is 8.27. The molecule has 0 saturated carbocycles. The molecule has 0 aliphatic heterocycles. The number of anilines is 1. The average Bonchev–Trinajstić information content (AvgIpc) is 2.27. The lowest BCUT2D eigenvalue weighted by atomic mass is 10.2. The van der Waals surface area contributed by atoms with Crippen LogP contribution < -0.4 is 4.90 Å². The number of aliphatic hydroxyl groups excluding tert-OH is 1. The Morgan fingerprint density at radius 2 is 2.06 bits per heavy atom. The number of rotatable bonds is 5. The minimum Gasteiger partial charge on any atom is -0.395 e. The van der Waals surface area contributed by atoms with Crippen molar-refractivity contribution in [3.05, 3.63) is 28.3 Å². The Balaban J connectivity index is 3.34. The van der Waals surface area contributed by atoms with Gasteiger partial charge in [-0.1, -0.05) is 0 Å². The Kier molecular flexibility index (Phi) is 4.25. The van der Waals surface area contributed by atoms with Crippen LogP contribution in [0.4, 0.5) is 11.4 Å². The summed E-state index contributed by atoms with van der Waals surface area (Å²) in [5.74, 6) is 0. The van der Waals surface area contributed by atoms with Crippen LogP contribution in [0.15, 0.2) is 23.1 Å². The van der Waals surface area contributed by atoms with Crippen LogP contribution in [0.5, 0.6) is 0 Å². The Morgan fingerprint density at radius 1 is 1.44 bits per heavy atom. The van der Waals surface area contributed by atoms with Crippen LogP contribution in [0.1, 0.15) is 0 Å². The molecule has 0 saturated heterocycles. The van der Waals surface area contributed by atoms with Crippen LogP contribution in [0.3, 0.4) is 0 Å². The fraction of sp³-hybridized carbons (Fsp3) is 0.400. The Hall–Kier alpha value is -1.67. The summed E-state index contributed by atoms with van der Waals surface area (Å²) in [5, 5.41) is 19.7. The summed E-state index contributed by atoms with van der Waals surface area (Å²) in [6, 6.07) is 3.70. The van der Waals surface area contributed by atoms with Crippen LogP contribution in [0.2, 0.25) is 0 Å². The number of aliphatic hydroxyl groups is 1. The van der Waals surface area contributed by atoms with E-state index in [1.807, 2.05) is 0 Å². The highest BCUT2D eigenvalue weighted by atomic mass is 32.2. The van der Waals surface area contributed by atoms with Crippen molar-refractivity contribution in [3.63, 3.8) is 0 Å². The van der Waals surface area contributed by atoms with E-state index in [-0.39, 0.29) is 29.4 Å². The fourth-order valence-corrected chi connectivity index (χ4v) is 2.11. The number of nitro benzene ring substituents is 1. The third-order valence-electron chi connectivity index (χ3n) is 2.42. The summed E-state index contributed by atoms with van der Waals surface area (Å²) in [5.41, 5.74) is -0.0321. The predicted octanol–water partition coefficient (Wildman–Crippen LogP) is 0.427. The molecule has 7 nitrogen and oxygen atoms in total. The molecule has 0 atom stereocenters. The zero-order chi connectivity index (χ0) is 13.9. The van der Waals surface area contributed by atoms with Crippen LogP contribution >= 0.6 is 0 Å². The SMILES string of the molecule is CN(CCO)c1ccc(S(C)(=O)=O)cc1[N+](=O)[O-]. The molecule has 8 heteroatoms. The van der Waals surface area contributed by atoms with Gasteiger partial charge in [0.25, 0.3) is 5.69 Å². The molecule has 1 aromatic carbocycles. The van der Waals surface area contributed by atoms with Crippen LogP contribution in [-0.4, -0.2) is 44.9 Å². The Bertz CT molecular complexity index is 555. The number of nitro groups is 1. The van der Waals surface area contributed by atoms with E-state index >= 15 is 0 Å². The van der Waals surface area contributed by atoms with E-state index in [1.165, 1.54) is 17.0 Å². The second-order valence-electron chi connectivity index (χ2n) is 3.82. The van der Waals surface area contributed by atoms with Crippen molar-refractivity contribution in [2.75, 3.05) is 31.4 Å². The highest BCUT2D eigenvalue weighted by Crippen LogP contribution is 2.29. The van der Waals surface area contributed by atoms with Gasteiger partial charge in [-0.3, -0.25) is 10.1 Å². The van der Waals surface area contributed by atoms with Crippen molar-refractivity contribution in [3.8, 4) is 0 Å². The zero-order valence-electron chi connectivity index (χ0n) is 10.0. The third-order valence-corrected chi connectivity index (χ3v) is 3.53. The molecule has 0 aromatic heterocycles. The van der Waals surface area contributed by atoms with E-state index < -0.39 is 14.8 Å². The molecule has 1 N–H and O–H groups in total. The van der Waals surface area contributed by atoms with Gasteiger partial charge in [-0.2, -0.15) is 0 Å². The van der Waals surface area contributed by atoms with Crippen molar-refractivity contribution in [1.82, 2.24) is 0 Å². The normalized spacial score (nSPS) is 11.3. The molecule has 18 heavy (non-hydrogen) atoms. The number of hydrogen-bond donors (Lipinski definition) is 1. The minimum atomic E-state index is -3.49. The van der Waals surface area contributed by atoms with E-state index in [0.29, 0.717) is 0 Å². The maximum atomic E-state index is 11.3. The van der Waals surface area contributed by atoms with Gasteiger partial charge in [0.1, 0.15) is 5.69 Å². The molecule has 0 spiro atoms. The molecule has 1 rings (SSSR count). The minimum absolute atomic E-state index is 0.102. The van der Waals surface area contributed by atoms with Gasteiger partial charge < -0.3 is 10.0 Å². The predicted molar refractivity (Wildman–Crippen MR) is 66.6 cm³/mol. The van der Waals surface area contributed by atoms with Crippen LogP contribution in [-0.2, 0) is 9.84 Å². The summed E-state index contributed by atoms with van der Waals surface area (Å²) >= 11 is 0. The van der Waals surface area contributed by atoms with Gasteiger partial charge in [-0.15, -0.1) is 0 Å². The van der Waals surface area contributed by atoms with Gasteiger partial charge >= 0.3 is 0 Å². The van der Waals surface area contributed by atoms with E-state index in [2.05, 4.69) is 0 Å². The largest absolute Gasteiger partial charge is 0.395 e. The van der Waals surface area contributed by atoms with Crippen molar-refractivity contribution < 1.29 is 18.4 Å². The number of benzene rings is 1. The Morgan fingerprint density at radius 3 is 2.50 bits per heavy atom. The molecule has 0 amide bonds. The first-order valence-corrected chi connectivity index (χ1v) is 6.97. The molecule has 0 aliphatic carbocycles. The molecule has 0 radical (unpaired) electrons. The third kappa shape index (κ3) is 3.17. The first-order valence-electron chi connectivity index (χ1n) is 5.08. The van der Waals surface area contributed by atoms with Crippen molar-refractivity contribution >= 4 is 21.2 Å². The molecule has 0 unspecified atom stereocenters. The standard InChI is InChI=1S/C10H14N2O5S/c1-11(5-6-13)9-4-3-8(18(2,16)17)7-10(9)12(14)15/h3-4,7,13H,5-6H2,1-2H3. The van der Waals surface area contributed by atoms with E-state index in [0.717, 1.165) is 12.3 Å². The zero-order valence-corrected chi connectivity index (χ0v) is 10.8. The van der Waals surface area contributed by atoms with E-state index in [9.17, 15) is 18.5 Å². The summed E-state index contributed by atoms with van der Waals surface area (Å²) in [7, 11) is -1.90. The number of sulfone groups is 1. The van der Waals surface area contributed by atoms with Gasteiger partial charge in [0, 0.05) is 25.9 Å². The summed E-state index contributed by atoms with van der Waals surface area (Å²) in [6.45, 7) is 0.0700. The first kappa shape index (κ1) is 14.4. The lowest BCUT2D eigenvalue weighted by Gasteiger charge is -2.17. The molecule has 0 bridgehead atoms. The number of hydrogen-bond acceptors (Lipinski definition) is 6. The second kappa shape index (κ2) is 5.32. The lowest BCUT2D eigenvalue weighted by Crippen LogP contribution is -2.22. The number of nitrogens with zero attached hydrogens (tertiary/aromatic N) is 2. The van der Waals surface area contributed by atoms with Crippen molar-refractivity contribution in [2.45, 2.75) is 4.90 Å². The highest BCUT2D eigenvalue weighted by molar-refractivity contribution is 7.90.